The van der Waals surface area contributed by atoms with Crippen molar-refractivity contribution in [3.05, 3.63) is 34.3 Å². The third kappa shape index (κ3) is 3.42. The Balaban J connectivity index is 2.16. The van der Waals surface area contributed by atoms with Crippen LogP contribution in [0, 0.1) is 12.3 Å². The standard InChI is InChI=1S/C17H24ClNO/c1-13-6-7-14(15(18)10-13)11-16(20)17(12-19)8-4-2-3-5-9-17/h6-7,10H,2-5,8-9,11-12,19H2,1H3. The van der Waals surface area contributed by atoms with Crippen molar-refractivity contribution in [3.8, 4) is 0 Å². The molecule has 0 aliphatic heterocycles. The lowest BCUT2D eigenvalue weighted by molar-refractivity contribution is -0.128. The molecule has 3 heteroatoms. The lowest BCUT2D eigenvalue weighted by atomic mass is 9.74. The minimum absolute atomic E-state index is 0.271. The zero-order valence-electron chi connectivity index (χ0n) is 12.3. The quantitative estimate of drug-likeness (QED) is 0.851. The van der Waals surface area contributed by atoms with E-state index in [1.807, 2.05) is 25.1 Å². The molecule has 1 aliphatic rings. The van der Waals surface area contributed by atoms with E-state index in [0.717, 1.165) is 36.8 Å². The van der Waals surface area contributed by atoms with Gasteiger partial charge < -0.3 is 5.73 Å². The Bertz CT molecular complexity index is 476. The molecule has 0 unspecified atom stereocenters. The maximum Gasteiger partial charge on any atom is 0.144 e. The molecule has 0 amide bonds. The third-order valence-electron chi connectivity index (χ3n) is 4.60. The van der Waals surface area contributed by atoms with E-state index >= 15 is 0 Å². The Morgan fingerprint density at radius 2 is 1.90 bits per heavy atom. The van der Waals surface area contributed by atoms with Gasteiger partial charge in [-0.05, 0) is 37.0 Å². The number of nitrogens with two attached hydrogens (primary N) is 1. The topological polar surface area (TPSA) is 43.1 Å². The number of hydrogen-bond donors (Lipinski definition) is 1. The molecule has 2 nitrogen and oxygen atoms in total. The first-order valence-electron chi connectivity index (χ1n) is 7.56. The zero-order valence-corrected chi connectivity index (χ0v) is 13.0. The summed E-state index contributed by atoms with van der Waals surface area (Å²) in [7, 11) is 0. The van der Waals surface area contributed by atoms with Gasteiger partial charge in [-0.2, -0.15) is 0 Å². The molecule has 1 aromatic carbocycles. The molecule has 0 heterocycles. The Kier molecular flexibility index (Phi) is 5.22. The molecule has 1 saturated carbocycles. The number of aryl methyl sites for hydroxylation is 1. The van der Waals surface area contributed by atoms with Crippen LogP contribution < -0.4 is 5.73 Å². The van der Waals surface area contributed by atoms with E-state index in [2.05, 4.69) is 0 Å². The molecule has 1 fully saturated rings. The first kappa shape index (κ1) is 15.5. The molecule has 0 atom stereocenters. The molecule has 1 aromatic rings. The van der Waals surface area contributed by atoms with Crippen LogP contribution in [0.25, 0.3) is 0 Å². The van der Waals surface area contributed by atoms with Crippen molar-refractivity contribution >= 4 is 17.4 Å². The summed E-state index contributed by atoms with van der Waals surface area (Å²) < 4.78 is 0. The van der Waals surface area contributed by atoms with E-state index in [9.17, 15) is 4.79 Å². The molecule has 1 aliphatic carbocycles. The van der Waals surface area contributed by atoms with Crippen molar-refractivity contribution in [1.82, 2.24) is 0 Å². The monoisotopic (exact) mass is 293 g/mol. The number of Topliss-reactive ketones (excluding diaryl/α,β-unsaturated/α-hetero) is 1. The largest absolute Gasteiger partial charge is 0.329 e. The normalized spacial score (nSPS) is 18.6. The van der Waals surface area contributed by atoms with Crippen molar-refractivity contribution in [2.45, 2.75) is 51.9 Å². The average molecular weight is 294 g/mol. The van der Waals surface area contributed by atoms with Gasteiger partial charge in [-0.25, -0.2) is 0 Å². The Morgan fingerprint density at radius 1 is 1.25 bits per heavy atom. The van der Waals surface area contributed by atoms with E-state index in [1.54, 1.807) is 0 Å². The van der Waals surface area contributed by atoms with Crippen molar-refractivity contribution in [2.75, 3.05) is 6.54 Å². The highest BCUT2D eigenvalue weighted by Crippen LogP contribution is 2.36. The lowest BCUT2D eigenvalue weighted by Gasteiger charge is -2.30. The summed E-state index contributed by atoms with van der Waals surface area (Å²) >= 11 is 6.25. The van der Waals surface area contributed by atoms with Gasteiger partial charge in [-0.15, -0.1) is 0 Å². The highest BCUT2D eigenvalue weighted by Gasteiger charge is 2.36. The predicted octanol–water partition coefficient (Wildman–Crippen LogP) is 4.06. The van der Waals surface area contributed by atoms with Gasteiger partial charge >= 0.3 is 0 Å². The van der Waals surface area contributed by atoms with Crippen LogP contribution in [0.2, 0.25) is 5.02 Å². The minimum Gasteiger partial charge on any atom is -0.329 e. The van der Waals surface area contributed by atoms with Gasteiger partial charge in [0.25, 0.3) is 0 Å². The second kappa shape index (κ2) is 6.73. The lowest BCUT2D eigenvalue weighted by Crippen LogP contribution is -2.39. The van der Waals surface area contributed by atoms with Crippen LogP contribution in [-0.4, -0.2) is 12.3 Å². The van der Waals surface area contributed by atoms with E-state index < -0.39 is 0 Å². The van der Waals surface area contributed by atoms with Crippen LogP contribution in [0.15, 0.2) is 18.2 Å². The molecular weight excluding hydrogens is 270 g/mol. The van der Waals surface area contributed by atoms with Crippen LogP contribution in [0.4, 0.5) is 0 Å². The number of ketones is 1. The summed E-state index contributed by atoms with van der Waals surface area (Å²) in [5, 5.41) is 0.694. The van der Waals surface area contributed by atoms with Crippen LogP contribution in [-0.2, 0) is 11.2 Å². The first-order chi connectivity index (χ1) is 9.57. The molecule has 0 aromatic heterocycles. The second-order valence-electron chi connectivity index (χ2n) is 6.09. The summed E-state index contributed by atoms with van der Waals surface area (Å²) in [6, 6.07) is 5.90. The van der Waals surface area contributed by atoms with Crippen LogP contribution in [0.3, 0.4) is 0 Å². The van der Waals surface area contributed by atoms with Crippen molar-refractivity contribution in [1.29, 1.82) is 0 Å². The summed E-state index contributed by atoms with van der Waals surface area (Å²) in [6.07, 6.45) is 6.96. The molecule has 0 radical (unpaired) electrons. The molecule has 110 valence electrons. The fraction of sp³-hybridized carbons (Fsp3) is 0.588. The predicted molar refractivity (Wildman–Crippen MR) is 84.1 cm³/mol. The highest BCUT2D eigenvalue weighted by molar-refractivity contribution is 6.31. The second-order valence-corrected chi connectivity index (χ2v) is 6.50. The van der Waals surface area contributed by atoms with Crippen molar-refractivity contribution in [2.24, 2.45) is 11.1 Å². The number of halogens is 1. The fourth-order valence-corrected chi connectivity index (χ4v) is 3.46. The maximum atomic E-state index is 12.8. The summed E-state index contributed by atoms with van der Waals surface area (Å²) in [5.41, 5.74) is 7.71. The smallest absolute Gasteiger partial charge is 0.144 e. The van der Waals surface area contributed by atoms with Crippen LogP contribution >= 0.6 is 11.6 Å². The van der Waals surface area contributed by atoms with Gasteiger partial charge in [0.2, 0.25) is 0 Å². The Hall–Kier alpha value is -0.860. The Morgan fingerprint density at radius 3 is 2.45 bits per heavy atom. The maximum absolute atomic E-state index is 12.8. The van der Waals surface area contributed by atoms with Crippen LogP contribution in [0.1, 0.15) is 49.7 Å². The van der Waals surface area contributed by atoms with E-state index in [1.165, 1.54) is 12.8 Å². The van der Waals surface area contributed by atoms with Gasteiger partial charge in [-0.1, -0.05) is 49.4 Å². The first-order valence-corrected chi connectivity index (χ1v) is 7.94. The number of hydrogen-bond acceptors (Lipinski definition) is 2. The number of carbonyl (C=O) groups is 1. The van der Waals surface area contributed by atoms with Gasteiger partial charge in [0.05, 0.1) is 0 Å². The molecule has 0 spiro atoms. The van der Waals surface area contributed by atoms with Crippen molar-refractivity contribution < 1.29 is 4.79 Å². The van der Waals surface area contributed by atoms with Gasteiger partial charge in [-0.3, -0.25) is 4.79 Å². The van der Waals surface area contributed by atoms with Gasteiger partial charge in [0.15, 0.2) is 0 Å². The third-order valence-corrected chi connectivity index (χ3v) is 4.95. The van der Waals surface area contributed by atoms with Gasteiger partial charge in [0, 0.05) is 23.4 Å². The molecule has 0 saturated heterocycles. The summed E-state index contributed by atoms with van der Waals surface area (Å²) in [4.78, 5) is 12.8. The van der Waals surface area contributed by atoms with E-state index in [0.29, 0.717) is 18.0 Å². The molecule has 2 rings (SSSR count). The van der Waals surface area contributed by atoms with Gasteiger partial charge in [0.1, 0.15) is 5.78 Å². The van der Waals surface area contributed by atoms with E-state index in [4.69, 9.17) is 17.3 Å². The summed E-state index contributed by atoms with van der Waals surface area (Å²) in [6.45, 7) is 2.47. The zero-order chi connectivity index (χ0) is 14.6. The number of rotatable bonds is 4. The van der Waals surface area contributed by atoms with Crippen LogP contribution in [0.5, 0.6) is 0 Å². The molecule has 2 N–H and O–H groups in total. The summed E-state index contributed by atoms with van der Waals surface area (Å²) in [5.74, 6) is 0.271. The molecule has 20 heavy (non-hydrogen) atoms. The highest BCUT2D eigenvalue weighted by atomic mass is 35.5. The van der Waals surface area contributed by atoms with Crippen molar-refractivity contribution in [3.63, 3.8) is 0 Å². The number of benzene rings is 1. The molecule has 0 bridgehead atoms. The fourth-order valence-electron chi connectivity index (χ4n) is 3.16. The average Bonchev–Trinajstić information content (AvgIpc) is 2.68. The molecular formula is C17H24ClNO. The van der Waals surface area contributed by atoms with E-state index in [-0.39, 0.29) is 11.2 Å². The Labute approximate surface area is 126 Å². The minimum atomic E-state index is -0.315. The SMILES string of the molecule is Cc1ccc(CC(=O)C2(CN)CCCCCC2)c(Cl)c1. The number of carbonyl (C=O) groups excluding carboxylic acids is 1.